The lowest BCUT2D eigenvalue weighted by atomic mass is 10.1. The van der Waals surface area contributed by atoms with E-state index in [0.717, 1.165) is 13.1 Å². The molecule has 0 aliphatic carbocycles. The van der Waals surface area contributed by atoms with E-state index in [1.807, 2.05) is 0 Å². The summed E-state index contributed by atoms with van der Waals surface area (Å²) < 4.78 is 0. The molecule has 21 heavy (non-hydrogen) atoms. The van der Waals surface area contributed by atoms with E-state index in [4.69, 9.17) is 23.2 Å². The molecule has 1 heterocycles. The Morgan fingerprint density at radius 2 is 2.00 bits per heavy atom. The van der Waals surface area contributed by atoms with Crippen molar-refractivity contribution in [1.82, 2.24) is 9.80 Å². The number of amides is 1. The van der Waals surface area contributed by atoms with Crippen LogP contribution in [-0.2, 0) is 4.79 Å². The average molecular weight is 330 g/mol. The predicted molar refractivity (Wildman–Crippen MR) is 88.2 cm³/mol. The number of piperazine rings is 1. The molecule has 0 saturated carbocycles. The molecule has 2 atom stereocenters. The SMILES string of the molecule is CC1CN(CC(=O)Nc2ccc(Cl)cc2Cl)C(C)CN1C. The van der Waals surface area contributed by atoms with Crippen LogP contribution in [0.3, 0.4) is 0 Å². The maximum atomic E-state index is 12.2. The molecule has 2 rings (SSSR count). The number of hydrogen-bond acceptors (Lipinski definition) is 3. The number of rotatable bonds is 3. The van der Waals surface area contributed by atoms with E-state index in [1.165, 1.54) is 0 Å². The minimum absolute atomic E-state index is 0.0529. The maximum Gasteiger partial charge on any atom is 0.238 e. The van der Waals surface area contributed by atoms with Gasteiger partial charge < -0.3 is 10.2 Å². The van der Waals surface area contributed by atoms with Gasteiger partial charge in [-0.05, 0) is 39.1 Å². The number of carbonyl (C=O) groups excluding carboxylic acids is 1. The summed E-state index contributed by atoms with van der Waals surface area (Å²) in [6.45, 7) is 6.55. The van der Waals surface area contributed by atoms with E-state index >= 15 is 0 Å². The van der Waals surface area contributed by atoms with E-state index in [-0.39, 0.29) is 5.91 Å². The Hall–Kier alpha value is -0.810. The molecule has 1 aromatic rings. The zero-order valence-corrected chi connectivity index (χ0v) is 14.1. The number of carbonyl (C=O) groups is 1. The van der Waals surface area contributed by atoms with Gasteiger partial charge in [-0.25, -0.2) is 0 Å². The first-order valence-electron chi connectivity index (χ1n) is 7.06. The third-order valence-electron chi connectivity index (χ3n) is 3.98. The second kappa shape index (κ2) is 6.97. The molecule has 116 valence electrons. The normalized spacial score (nSPS) is 24.0. The molecule has 2 unspecified atom stereocenters. The highest BCUT2D eigenvalue weighted by atomic mass is 35.5. The number of likely N-dealkylation sites (N-methyl/N-ethyl adjacent to an activating group) is 1. The van der Waals surface area contributed by atoms with Crippen molar-refractivity contribution < 1.29 is 4.79 Å². The van der Waals surface area contributed by atoms with Crippen LogP contribution in [0.4, 0.5) is 5.69 Å². The fourth-order valence-electron chi connectivity index (χ4n) is 2.56. The Bertz CT molecular complexity index is 524. The zero-order chi connectivity index (χ0) is 15.6. The van der Waals surface area contributed by atoms with Gasteiger partial charge >= 0.3 is 0 Å². The highest BCUT2D eigenvalue weighted by Gasteiger charge is 2.27. The lowest BCUT2D eigenvalue weighted by Crippen LogP contribution is -2.56. The Labute approximate surface area is 136 Å². The van der Waals surface area contributed by atoms with Gasteiger partial charge in [0.25, 0.3) is 0 Å². The van der Waals surface area contributed by atoms with Gasteiger partial charge in [0.05, 0.1) is 17.3 Å². The van der Waals surface area contributed by atoms with Crippen LogP contribution >= 0.6 is 23.2 Å². The number of hydrogen-bond donors (Lipinski definition) is 1. The highest BCUT2D eigenvalue weighted by molar-refractivity contribution is 6.36. The van der Waals surface area contributed by atoms with Crippen molar-refractivity contribution in [2.45, 2.75) is 25.9 Å². The minimum atomic E-state index is -0.0529. The fourth-order valence-corrected chi connectivity index (χ4v) is 3.01. The number of nitrogens with one attached hydrogen (secondary N) is 1. The van der Waals surface area contributed by atoms with Gasteiger partial charge in [-0.1, -0.05) is 23.2 Å². The molecule has 0 aromatic heterocycles. The van der Waals surface area contributed by atoms with Gasteiger partial charge in [0.1, 0.15) is 0 Å². The van der Waals surface area contributed by atoms with Crippen LogP contribution < -0.4 is 5.32 Å². The summed E-state index contributed by atoms with van der Waals surface area (Å²) >= 11 is 11.9. The fraction of sp³-hybridized carbons (Fsp3) is 0.533. The van der Waals surface area contributed by atoms with Gasteiger partial charge in [0.2, 0.25) is 5.91 Å². The van der Waals surface area contributed by atoms with Crippen molar-refractivity contribution in [2.24, 2.45) is 0 Å². The summed E-state index contributed by atoms with van der Waals surface area (Å²) in [6, 6.07) is 5.87. The van der Waals surface area contributed by atoms with Crippen molar-refractivity contribution in [3.05, 3.63) is 28.2 Å². The molecule has 0 bridgehead atoms. The topological polar surface area (TPSA) is 35.6 Å². The standard InChI is InChI=1S/C15H21Cl2N3O/c1-10-8-20(11(2)7-19(10)3)9-15(21)18-14-5-4-12(16)6-13(14)17/h4-6,10-11H,7-9H2,1-3H3,(H,18,21). The quantitative estimate of drug-likeness (QED) is 0.926. The number of nitrogens with zero attached hydrogens (tertiary/aromatic N) is 2. The molecule has 0 radical (unpaired) electrons. The third kappa shape index (κ3) is 4.33. The van der Waals surface area contributed by atoms with Gasteiger partial charge in [0, 0.05) is 30.2 Å². The van der Waals surface area contributed by atoms with Crippen molar-refractivity contribution in [3.8, 4) is 0 Å². The van der Waals surface area contributed by atoms with E-state index in [0.29, 0.717) is 34.4 Å². The molecule has 1 aromatic carbocycles. The Kier molecular flexibility index (Phi) is 5.49. The second-order valence-corrected chi connectivity index (χ2v) is 6.58. The highest BCUT2D eigenvalue weighted by Crippen LogP contribution is 2.25. The minimum Gasteiger partial charge on any atom is -0.324 e. The molecular weight excluding hydrogens is 309 g/mol. The van der Waals surface area contributed by atoms with Crippen LogP contribution in [0.5, 0.6) is 0 Å². The maximum absolute atomic E-state index is 12.2. The number of benzene rings is 1. The van der Waals surface area contributed by atoms with Crippen molar-refractivity contribution in [1.29, 1.82) is 0 Å². The summed E-state index contributed by atoms with van der Waals surface area (Å²) in [5, 5.41) is 3.86. The van der Waals surface area contributed by atoms with Crippen molar-refractivity contribution in [3.63, 3.8) is 0 Å². The molecule has 4 nitrogen and oxygen atoms in total. The summed E-state index contributed by atoms with van der Waals surface area (Å²) in [5.41, 5.74) is 0.598. The third-order valence-corrected chi connectivity index (χ3v) is 4.53. The van der Waals surface area contributed by atoms with E-state index in [9.17, 15) is 4.79 Å². The Morgan fingerprint density at radius 3 is 2.67 bits per heavy atom. The summed E-state index contributed by atoms with van der Waals surface area (Å²) in [4.78, 5) is 16.7. The van der Waals surface area contributed by atoms with Gasteiger partial charge in [0.15, 0.2) is 0 Å². The van der Waals surface area contributed by atoms with E-state index < -0.39 is 0 Å². The zero-order valence-electron chi connectivity index (χ0n) is 12.6. The van der Waals surface area contributed by atoms with E-state index in [1.54, 1.807) is 18.2 Å². The van der Waals surface area contributed by atoms with E-state index in [2.05, 4.69) is 36.0 Å². The predicted octanol–water partition coefficient (Wildman–Crippen LogP) is 2.96. The molecule has 1 amide bonds. The second-order valence-electron chi connectivity index (χ2n) is 5.74. The van der Waals surface area contributed by atoms with Crippen LogP contribution in [0.1, 0.15) is 13.8 Å². The molecule has 1 fully saturated rings. The number of anilines is 1. The monoisotopic (exact) mass is 329 g/mol. The lowest BCUT2D eigenvalue weighted by molar-refractivity contribution is -0.118. The molecule has 6 heteroatoms. The van der Waals surface area contributed by atoms with Crippen molar-refractivity contribution >= 4 is 34.8 Å². The first-order valence-corrected chi connectivity index (χ1v) is 7.81. The summed E-state index contributed by atoms with van der Waals surface area (Å²) in [6.07, 6.45) is 0. The largest absolute Gasteiger partial charge is 0.324 e. The van der Waals surface area contributed by atoms with Crippen LogP contribution in [0.2, 0.25) is 10.0 Å². The average Bonchev–Trinajstić information content (AvgIpc) is 2.39. The van der Waals surface area contributed by atoms with Crippen LogP contribution in [0.15, 0.2) is 18.2 Å². The molecule has 0 spiro atoms. The molecule has 1 aliphatic rings. The molecule has 1 aliphatic heterocycles. The lowest BCUT2D eigenvalue weighted by Gasteiger charge is -2.42. The Morgan fingerprint density at radius 1 is 1.29 bits per heavy atom. The van der Waals surface area contributed by atoms with Gasteiger partial charge in [-0.2, -0.15) is 0 Å². The smallest absolute Gasteiger partial charge is 0.238 e. The Balaban J connectivity index is 1.95. The van der Waals surface area contributed by atoms with Crippen LogP contribution in [0.25, 0.3) is 0 Å². The molecule has 1 saturated heterocycles. The van der Waals surface area contributed by atoms with Crippen LogP contribution in [0, 0.1) is 0 Å². The van der Waals surface area contributed by atoms with Gasteiger partial charge in [-0.15, -0.1) is 0 Å². The first-order chi connectivity index (χ1) is 9.86. The van der Waals surface area contributed by atoms with Crippen molar-refractivity contribution in [2.75, 3.05) is 32.0 Å². The number of halogens is 2. The molecule has 1 N–H and O–H groups in total. The summed E-state index contributed by atoms with van der Waals surface area (Å²) in [7, 11) is 2.12. The van der Waals surface area contributed by atoms with Crippen LogP contribution in [-0.4, -0.2) is 54.5 Å². The first kappa shape index (κ1) is 16.6. The molecular formula is C15H21Cl2N3O. The van der Waals surface area contributed by atoms with Gasteiger partial charge in [-0.3, -0.25) is 9.69 Å². The summed E-state index contributed by atoms with van der Waals surface area (Å²) in [5.74, 6) is -0.0529.